The molecule has 0 radical (unpaired) electrons. The van der Waals surface area contributed by atoms with E-state index in [9.17, 15) is 0 Å². The quantitative estimate of drug-likeness (QED) is 0.364. The zero-order valence-electron chi connectivity index (χ0n) is 16.2. The van der Waals surface area contributed by atoms with Gasteiger partial charge >= 0.3 is 0 Å². The highest BCUT2D eigenvalue weighted by Gasteiger charge is 2.51. The van der Waals surface area contributed by atoms with E-state index < -0.39 is 0 Å². The number of rotatable bonds is 9. The van der Waals surface area contributed by atoms with Crippen molar-refractivity contribution >= 4 is 0 Å². The molecule has 0 amide bonds. The topological polar surface area (TPSA) is 85.7 Å². The van der Waals surface area contributed by atoms with Crippen LogP contribution in [-0.2, 0) is 32.2 Å². The molecule has 7 nitrogen and oxygen atoms in total. The lowest BCUT2D eigenvalue weighted by Gasteiger charge is -2.24. The lowest BCUT2D eigenvalue weighted by atomic mass is 10.1. The molecule has 29 heavy (non-hydrogen) atoms. The van der Waals surface area contributed by atoms with Crippen molar-refractivity contribution in [3.63, 3.8) is 0 Å². The predicted octanol–water partition coefficient (Wildman–Crippen LogP) is 4.02. The van der Waals surface area contributed by atoms with Gasteiger partial charge < -0.3 is 18.9 Å². The molecule has 2 aromatic rings. The lowest BCUT2D eigenvalue weighted by Crippen LogP contribution is -2.37. The van der Waals surface area contributed by atoms with Gasteiger partial charge in [-0.25, -0.2) is 0 Å². The molecular weight excluding hydrogens is 370 g/mol. The summed E-state index contributed by atoms with van der Waals surface area (Å²) in [5.74, 6) is 0. The zero-order valence-corrected chi connectivity index (χ0v) is 16.2. The van der Waals surface area contributed by atoms with Crippen LogP contribution in [0.25, 0.3) is 10.4 Å². The highest BCUT2D eigenvalue weighted by Crippen LogP contribution is 2.36. The van der Waals surface area contributed by atoms with Crippen LogP contribution in [0.2, 0.25) is 0 Å². The number of hydrogen-bond donors (Lipinski definition) is 0. The Labute approximate surface area is 170 Å². The number of ether oxygens (including phenoxy) is 4. The summed E-state index contributed by atoms with van der Waals surface area (Å²) in [6.45, 7) is 1.76. The molecule has 0 spiro atoms. The Hall–Kier alpha value is -2.41. The molecule has 0 N–H and O–H groups in total. The van der Waals surface area contributed by atoms with Crippen LogP contribution < -0.4 is 0 Å². The first-order chi connectivity index (χ1) is 14.3. The van der Waals surface area contributed by atoms with Crippen LogP contribution >= 0.6 is 0 Å². The van der Waals surface area contributed by atoms with Crippen LogP contribution in [0.5, 0.6) is 0 Å². The van der Waals surface area contributed by atoms with Gasteiger partial charge in [-0.2, -0.15) is 0 Å². The molecule has 2 saturated heterocycles. The van der Waals surface area contributed by atoms with Gasteiger partial charge in [0.15, 0.2) is 0 Å². The van der Waals surface area contributed by atoms with Crippen LogP contribution in [0.3, 0.4) is 0 Å². The van der Waals surface area contributed by atoms with Crippen molar-refractivity contribution in [2.45, 2.75) is 50.2 Å². The minimum absolute atomic E-state index is 0.0695. The highest BCUT2D eigenvalue weighted by atomic mass is 16.6. The molecule has 2 fully saturated rings. The molecule has 7 heteroatoms. The fourth-order valence-electron chi connectivity index (χ4n) is 3.91. The van der Waals surface area contributed by atoms with Crippen molar-refractivity contribution in [2.24, 2.45) is 5.11 Å². The number of nitrogens with zero attached hydrogens (tertiary/aromatic N) is 3. The summed E-state index contributed by atoms with van der Waals surface area (Å²) >= 11 is 0. The third-order valence-corrected chi connectivity index (χ3v) is 5.28. The molecule has 5 atom stereocenters. The molecule has 2 aliphatic heterocycles. The van der Waals surface area contributed by atoms with E-state index in [0.29, 0.717) is 32.8 Å². The zero-order chi connectivity index (χ0) is 19.9. The Morgan fingerprint density at radius 3 is 2.34 bits per heavy atom. The van der Waals surface area contributed by atoms with Gasteiger partial charge in [0.1, 0.15) is 18.3 Å². The summed E-state index contributed by atoms with van der Waals surface area (Å²) < 4.78 is 24.5. The average molecular weight is 395 g/mol. The third-order valence-electron chi connectivity index (χ3n) is 5.28. The largest absolute Gasteiger partial charge is 0.374 e. The van der Waals surface area contributed by atoms with Gasteiger partial charge in [0.25, 0.3) is 0 Å². The van der Waals surface area contributed by atoms with E-state index in [1.54, 1.807) is 0 Å². The maximum atomic E-state index is 8.56. The van der Waals surface area contributed by atoms with E-state index in [2.05, 4.69) is 10.0 Å². The van der Waals surface area contributed by atoms with Crippen LogP contribution in [-0.4, -0.2) is 43.7 Å². The van der Waals surface area contributed by atoms with Crippen LogP contribution in [0.4, 0.5) is 0 Å². The normalized spacial score (nSPS) is 28.1. The van der Waals surface area contributed by atoms with Gasteiger partial charge in [0.2, 0.25) is 0 Å². The SMILES string of the molecule is [N-]=[N+]=NC[C@@H]1C[C@@H]2O[C@H](COCc3ccccc3)[C@@H](OCc3ccccc3)[C@@H]2O1. The van der Waals surface area contributed by atoms with Gasteiger partial charge in [-0.05, 0) is 16.7 Å². The Balaban J connectivity index is 1.37. The number of azide groups is 1. The minimum atomic E-state index is -0.230. The van der Waals surface area contributed by atoms with Crippen molar-refractivity contribution in [2.75, 3.05) is 13.2 Å². The monoisotopic (exact) mass is 395 g/mol. The van der Waals surface area contributed by atoms with Crippen molar-refractivity contribution in [3.05, 3.63) is 82.2 Å². The first kappa shape index (κ1) is 19.9. The van der Waals surface area contributed by atoms with Gasteiger partial charge in [-0.3, -0.25) is 0 Å². The maximum Gasteiger partial charge on any atom is 0.115 e. The van der Waals surface area contributed by atoms with Crippen LogP contribution in [0.15, 0.2) is 65.8 Å². The smallest absolute Gasteiger partial charge is 0.115 e. The Morgan fingerprint density at radius 1 is 0.966 bits per heavy atom. The van der Waals surface area contributed by atoms with E-state index in [0.717, 1.165) is 11.1 Å². The van der Waals surface area contributed by atoms with Gasteiger partial charge in [-0.1, -0.05) is 65.8 Å². The fourth-order valence-corrected chi connectivity index (χ4v) is 3.91. The Kier molecular flexibility index (Phi) is 6.77. The lowest BCUT2D eigenvalue weighted by molar-refractivity contribution is -0.100. The highest BCUT2D eigenvalue weighted by molar-refractivity contribution is 5.14. The number of benzene rings is 2. The fraction of sp³-hybridized carbons (Fsp3) is 0.455. The molecule has 0 aliphatic carbocycles. The average Bonchev–Trinajstić information content (AvgIpc) is 3.29. The van der Waals surface area contributed by atoms with Crippen molar-refractivity contribution in [1.82, 2.24) is 0 Å². The van der Waals surface area contributed by atoms with Crippen LogP contribution in [0.1, 0.15) is 17.5 Å². The van der Waals surface area contributed by atoms with E-state index in [1.807, 2.05) is 60.7 Å². The second-order valence-electron chi connectivity index (χ2n) is 7.35. The van der Waals surface area contributed by atoms with E-state index >= 15 is 0 Å². The minimum Gasteiger partial charge on any atom is -0.374 e. The van der Waals surface area contributed by atoms with Crippen LogP contribution in [0, 0.1) is 0 Å². The Morgan fingerprint density at radius 2 is 1.66 bits per heavy atom. The standard InChI is InChI=1S/C22H25N3O4/c23-25-24-12-18-11-19-22(28-18)21(27-14-17-9-5-2-6-10-17)20(29-19)15-26-13-16-7-3-1-4-8-16/h1-10,18-22H,11-15H2/t18-,19-,20+,21+,22+/m0/s1. The van der Waals surface area contributed by atoms with E-state index in [1.165, 1.54) is 0 Å². The molecular formula is C22H25N3O4. The summed E-state index contributed by atoms with van der Waals surface area (Å²) in [6, 6.07) is 20.1. The van der Waals surface area contributed by atoms with Gasteiger partial charge in [-0.15, -0.1) is 0 Å². The molecule has 2 heterocycles. The molecule has 4 rings (SSSR count). The van der Waals surface area contributed by atoms with E-state index in [4.69, 9.17) is 24.5 Å². The first-order valence-corrected chi connectivity index (χ1v) is 9.92. The molecule has 152 valence electrons. The predicted molar refractivity (Wildman–Crippen MR) is 107 cm³/mol. The Bertz CT molecular complexity index is 813. The molecule has 0 aromatic heterocycles. The van der Waals surface area contributed by atoms with Crippen molar-refractivity contribution < 1.29 is 18.9 Å². The summed E-state index contributed by atoms with van der Waals surface area (Å²) in [6.07, 6.45) is -0.105. The molecule has 2 aromatic carbocycles. The van der Waals surface area contributed by atoms with Gasteiger partial charge in [0.05, 0.1) is 38.6 Å². The second-order valence-corrected chi connectivity index (χ2v) is 7.35. The molecule has 2 aliphatic rings. The third kappa shape index (κ3) is 5.15. The number of fused-ring (bicyclic) bond motifs is 1. The van der Waals surface area contributed by atoms with Gasteiger partial charge in [0, 0.05) is 11.3 Å². The first-order valence-electron chi connectivity index (χ1n) is 9.92. The number of hydrogen-bond acceptors (Lipinski definition) is 5. The summed E-state index contributed by atoms with van der Waals surface area (Å²) in [5, 5.41) is 3.64. The van der Waals surface area contributed by atoms with E-state index in [-0.39, 0.29) is 30.5 Å². The molecule has 0 unspecified atom stereocenters. The van der Waals surface area contributed by atoms with Crippen molar-refractivity contribution in [3.8, 4) is 0 Å². The summed E-state index contributed by atoms with van der Waals surface area (Å²) in [5.41, 5.74) is 10.8. The second kappa shape index (κ2) is 9.87. The molecule has 0 bridgehead atoms. The molecule has 0 saturated carbocycles. The summed E-state index contributed by atoms with van der Waals surface area (Å²) in [7, 11) is 0. The van der Waals surface area contributed by atoms with Crippen molar-refractivity contribution in [1.29, 1.82) is 0 Å². The maximum absolute atomic E-state index is 8.56. The summed E-state index contributed by atoms with van der Waals surface area (Å²) in [4.78, 5) is 2.83.